The summed E-state index contributed by atoms with van der Waals surface area (Å²) in [7, 11) is -3.20. The van der Waals surface area contributed by atoms with E-state index >= 15 is 0 Å². The molecule has 2 fully saturated rings. The minimum Gasteiger partial charge on any atom is -0.336 e. The molecule has 27 heavy (non-hydrogen) atoms. The average molecular weight is 390 g/mol. The van der Waals surface area contributed by atoms with Gasteiger partial charge in [0.15, 0.2) is 9.84 Å². The number of rotatable bonds is 1. The number of carbonyl (C=O) groups excluding carboxylic acids is 1. The second-order valence-electron chi connectivity index (χ2n) is 7.75. The monoisotopic (exact) mass is 390 g/mol. The van der Waals surface area contributed by atoms with Crippen LogP contribution in [0, 0.1) is 12.7 Å². The third-order valence-electron chi connectivity index (χ3n) is 6.02. The number of benzene rings is 1. The Hall–Kier alpha value is -2.02. The zero-order chi connectivity index (χ0) is 19.2. The van der Waals surface area contributed by atoms with E-state index in [-0.39, 0.29) is 30.6 Å². The van der Waals surface area contributed by atoms with Crippen LogP contribution in [-0.2, 0) is 9.84 Å². The lowest BCUT2D eigenvalue weighted by Gasteiger charge is -2.44. The molecule has 0 atom stereocenters. The van der Waals surface area contributed by atoms with E-state index < -0.39 is 14.6 Å². The highest BCUT2D eigenvalue weighted by molar-refractivity contribution is 7.92. The third kappa shape index (κ3) is 3.12. The van der Waals surface area contributed by atoms with Gasteiger partial charge in [0, 0.05) is 24.5 Å². The first-order valence-electron chi connectivity index (χ1n) is 9.40. The molecule has 7 heteroatoms. The number of hydrogen-bond donors (Lipinski definition) is 0. The van der Waals surface area contributed by atoms with Crippen molar-refractivity contribution in [1.29, 1.82) is 0 Å². The lowest BCUT2D eigenvalue weighted by Crippen LogP contribution is -2.58. The van der Waals surface area contributed by atoms with Gasteiger partial charge in [0.2, 0.25) is 0 Å². The molecule has 0 radical (unpaired) electrons. The van der Waals surface area contributed by atoms with Crippen LogP contribution in [0.25, 0.3) is 10.9 Å². The van der Waals surface area contributed by atoms with Gasteiger partial charge in [-0.15, -0.1) is 0 Å². The summed E-state index contributed by atoms with van der Waals surface area (Å²) in [5.41, 5.74) is 1.50. The molecule has 5 nitrogen and oxygen atoms in total. The van der Waals surface area contributed by atoms with Gasteiger partial charge < -0.3 is 4.90 Å². The Balaban J connectivity index is 1.67. The van der Waals surface area contributed by atoms with Crippen molar-refractivity contribution < 1.29 is 17.6 Å². The zero-order valence-corrected chi connectivity index (χ0v) is 16.2. The third-order valence-corrected chi connectivity index (χ3v) is 8.60. The van der Waals surface area contributed by atoms with Crippen LogP contribution >= 0.6 is 0 Å². The van der Waals surface area contributed by atoms with Gasteiger partial charge in [0.1, 0.15) is 5.82 Å². The number of amides is 1. The van der Waals surface area contributed by atoms with E-state index in [9.17, 15) is 17.6 Å². The largest absolute Gasteiger partial charge is 0.336 e. The SMILES string of the molecule is Cc1nc2cc(F)ccc2cc1C(=O)N1CCS(=O)(=O)C2(CCCCC2)C1. The Morgan fingerprint density at radius 3 is 2.67 bits per heavy atom. The topological polar surface area (TPSA) is 67.3 Å². The van der Waals surface area contributed by atoms with Crippen molar-refractivity contribution in [1.82, 2.24) is 9.88 Å². The van der Waals surface area contributed by atoms with Crippen LogP contribution in [0.1, 0.15) is 48.2 Å². The van der Waals surface area contributed by atoms with Crippen molar-refractivity contribution in [3.8, 4) is 0 Å². The maximum absolute atomic E-state index is 13.4. The molecule has 1 saturated heterocycles. The maximum Gasteiger partial charge on any atom is 0.255 e. The van der Waals surface area contributed by atoms with Crippen molar-refractivity contribution in [2.75, 3.05) is 18.8 Å². The number of aromatic nitrogens is 1. The number of carbonyl (C=O) groups is 1. The van der Waals surface area contributed by atoms with Crippen molar-refractivity contribution in [3.05, 3.63) is 41.3 Å². The normalized spacial score (nSPS) is 21.5. The first-order valence-corrected chi connectivity index (χ1v) is 11.1. The number of aryl methyl sites for hydroxylation is 1. The van der Waals surface area contributed by atoms with Gasteiger partial charge in [0.25, 0.3) is 5.91 Å². The van der Waals surface area contributed by atoms with Crippen LogP contribution in [0.4, 0.5) is 4.39 Å². The van der Waals surface area contributed by atoms with Crippen molar-refractivity contribution in [2.45, 2.75) is 43.8 Å². The number of fused-ring (bicyclic) bond motifs is 1. The molecule has 1 amide bonds. The summed E-state index contributed by atoms with van der Waals surface area (Å²) in [4.78, 5) is 19.2. The molecular weight excluding hydrogens is 367 g/mol. The molecule has 0 unspecified atom stereocenters. The second kappa shape index (κ2) is 6.55. The van der Waals surface area contributed by atoms with E-state index in [0.717, 1.165) is 19.3 Å². The van der Waals surface area contributed by atoms with Gasteiger partial charge in [-0.25, -0.2) is 12.8 Å². The summed E-state index contributed by atoms with van der Waals surface area (Å²) in [5.74, 6) is -0.538. The number of halogens is 1. The van der Waals surface area contributed by atoms with Crippen LogP contribution < -0.4 is 0 Å². The van der Waals surface area contributed by atoms with Crippen LogP contribution in [-0.4, -0.2) is 47.8 Å². The Morgan fingerprint density at radius 1 is 1.19 bits per heavy atom. The lowest BCUT2D eigenvalue weighted by molar-refractivity contribution is 0.0722. The van der Waals surface area contributed by atoms with E-state index in [1.807, 2.05) is 0 Å². The molecule has 2 heterocycles. The molecule has 4 rings (SSSR count). The molecule has 144 valence electrons. The smallest absolute Gasteiger partial charge is 0.255 e. The fraction of sp³-hybridized carbons (Fsp3) is 0.500. The minimum absolute atomic E-state index is 0.0179. The summed E-state index contributed by atoms with van der Waals surface area (Å²) >= 11 is 0. The quantitative estimate of drug-likeness (QED) is 0.750. The van der Waals surface area contributed by atoms with Crippen molar-refractivity contribution >= 4 is 26.6 Å². The number of nitrogens with zero attached hydrogens (tertiary/aromatic N) is 2. The Kier molecular flexibility index (Phi) is 4.45. The summed E-state index contributed by atoms with van der Waals surface area (Å²) < 4.78 is 38.1. The fourth-order valence-corrected chi connectivity index (χ4v) is 6.59. The van der Waals surface area contributed by atoms with Crippen LogP contribution in [0.3, 0.4) is 0 Å². The van der Waals surface area contributed by atoms with Gasteiger partial charge in [-0.05, 0) is 38.0 Å². The predicted octanol–water partition coefficient (Wildman–Crippen LogP) is 3.26. The van der Waals surface area contributed by atoms with Gasteiger partial charge in [-0.2, -0.15) is 0 Å². The molecule has 1 aliphatic carbocycles. The minimum atomic E-state index is -3.20. The summed E-state index contributed by atoms with van der Waals surface area (Å²) in [6, 6.07) is 6.03. The van der Waals surface area contributed by atoms with Crippen LogP contribution in [0.5, 0.6) is 0 Å². The standard InChI is InChI=1S/C20H23FN2O3S/c1-14-17(11-15-5-6-16(21)12-18(15)22-14)19(24)23-9-10-27(25,26)20(13-23)7-3-2-4-8-20/h5-6,11-12H,2-4,7-10,13H2,1H3. The van der Waals surface area contributed by atoms with Crippen molar-refractivity contribution in [2.24, 2.45) is 0 Å². The molecule has 1 saturated carbocycles. The Bertz CT molecular complexity index is 1010. The van der Waals surface area contributed by atoms with Gasteiger partial charge in [-0.3, -0.25) is 9.78 Å². The van der Waals surface area contributed by atoms with E-state index in [4.69, 9.17) is 0 Å². The molecule has 1 aliphatic heterocycles. The van der Waals surface area contributed by atoms with Gasteiger partial charge >= 0.3 is 0 Å². The van der Waals surface area contributed by atoms with Crippen molar-refractivity contribution in [3.63, 3.8) is 0 Å². The molecular formula is C20H23FN2O3S. The molecule has 0 bridgehead atoms. The maximum atomic E-state index is 13.4. The highest BCUT2D eigenvalue weighted by atomic mass is 32.2. The zero-order valence-electron chi connectivity index (χ0n) is 15.4. The number of hydrogen-bond acceptors (Lipinski definition) is 4. The Morgan fingerprint density at radius 2 is 1.93 bits per heavy atom. The molecule has 2 aliphatic rings. The van der Waals surface area contributed by atoms with E-state index in [0.29, 0.717) is 35.0 Å². The lowest BCUT2D eigenvalue weighted by atomic mass is 9.87. The summed E-state index contributed by atoms with van der Waals surface area (Å²) in [6.07, 6.45) is 4.10. The highest BCUT2D eigenvalue weighted by Crippen LogP contribution is 2.39. The average Bonchev–Trinajstić information content (AvgIpc) is 2.64. The van der Waals surface area contributed by atoms with E-state index in [2.05, 4.69) is 4.98 Å². The van der Waals surface area contributed by atoms with Gasteiger partial charge in [-0.1, -0.05) is 19.3 Å². The van der Waals surface area contributed by atoms with E-state index in [1.54, 1.807) is 24.0 Å². The Labute approximate surface area is 158 Å². The molecule has 1 spiro atoms. The summed E-state index contributed by atoms with van der Waals surface area (Å²) in [5, 5.41) is 0.697. The van der Waals surface area contributed by atoms with E-state index in [1.165, 1.54) is 12.1 Å². The first kappa shape index (κ1) is 18.3. The van der Waals surface area contributed by atoms with Crippen LogP contribution in [0.15, 0.2) is 24.3 Å². The van der Waals surface area contributed by atoms with Crippen LogP contribution in [0.2, 0.25) is 0 Å². The van der Waals surface area contributed by atoms with Gasteiger partial charge in [0.05, 0.1) is 27.3 Å². The number of sulfone groups is 1. The molecule has 0 N–H and O–H groups in total. The molecule has 1 aromatic heterocycles. The first-order chi connectivity index (χ1) is 12.8. The number of pyridine rings is 1. The highest BCUT2D eigenvalue weighted by Gasteiger charge is 2.49. The predicted molar refractivity (Wildman–Crippen MR) is 102 cm³/mol. The second-order valence-corrected chi connectivity index (χ2v) is 10.3. The fourth-order valence-electron chi connectivity index (χ4n) is 4.43. The summed E-state index contributed by atoms with van der Waals surface area (Å²) in [6.45, 7) is 2.20. The molecule has 1 aromatic carbocycles. The molecule has 2 aromatic rings.